The highest BCUT2D eigenvalue weighted by Crippen LogP contribution is 2.21. The number of hydrogen-bond acceptors (Lipinski definition) is 2. The number of carbonyl (C=O) groups is 1. The molecule has 0 spiro atoms. The first-order chi connectivity index (χ1) is 9.58. The summed E-state index contributed by atoms with van der Waals surface area (Å²) in [6.07, 6.45) is 3.09. The van der Waals surface area contributed by atoms with Gasteiger partial charge in [-0.25, -0.2) is 0 Å². The number of benzene rings is 1. The van der Waals surface area contributed by atoms with E-state index in [1.165, 1.54) is 0 Å². The molecule has 0 unspecified atom stereocenters. The zero-order valence-electron chi connectivity index (χ0n) is 12.1. The molecule has 108 valence electrons. The molecule has 0 aliphatic rings. The first-order valence-electron chi connectivity index (χ1n) is 7.07. The topological polar surface area (TPSA) is 54.3 Å². The van der Waals surface area contributed by atoms with E-state index in [2.05, 4.69) is 19.2 Å². The third kappa shape index (κ3) is 3.61. The van der Waals surface area contributed by atoms with Gasteiger partial charge in [-0.1, -0.05) is 32.0 Å². The number of hydrogen-bond donors (Lipinski definition) is 2. The van der Waals surface area contributed by atoms with Crippen molar-refractivity contribution >= 4 is 16.9 Å². The average Bonchev–Trinajstić information content (AvgIpc) is 2.73. The molecular formula is C16H22N2O2. The number of aromatic nitrogens is 1. The van der Waals surface area contributed by atoms with E-state index in [1.54, 1.807) is 4.57 Å². The van der Waals surface area contributed by atoms with E-state index in [1.807, 2.05) is 30.5 Å². The summed E-state index contributed by atoms with van der Waals surface area (Å²) < 4.78 is 1.80. The van der Waals surface area contributed by atoms with Gasteiger partial charge in [-0.3, -0.25) is 4.79 Å². The highest BCUT2D eigenvalue weighted by atomic mass is 16.4. The van der Waals surface area contributed by atoms with Crippen molar-refractivity contribution in [2.45, 2.75) is 33.4 Å². The normalized spacial score (nSPS) is 11.3. The summed E-state index contributed by atoms with van der Waals surface area (Å²) in [5.41, 5.74) is 2.14. The monoisotopic (exact) mass is 274 g/mol. The largest absolute Gasteiger partial charge is 0.480 e. The van der Waals surface area contributed by atoms with Crippen LogP contribution >= 0.6 is 0 Å². The molecule has 0 radical (unpaired) electrons. The molecule has 4 heteroatoms. The summed E-state index contributed by atoms with van der Waals surface area (Å²) in [5, 5.41) is 13.5. The van der Waals surface area contributed by atoms with Gasteiger partial charge in [-0.05, 0) is 30.5 Å². The number of carboxylic acid groups (broad SMARTS) is 1. The standard InChI is InChI=1S/C16H22N2O2/c1-12(2)7-8-17-9-13-10-18(11-16(19)20)15-6-4-3-5-14(13)15/h3-6,10,12,17H,7-9,11H2,1-2H3,(H,19,20). The van der Waals surface area contributed by atoms with Crippen LogP contribution in [0.3, 0.4) is 0 Å². The van der Waals surface area contributed by atoms with E-state index in [0.29, 0.717) is 5.92 Å². The summed E-state index contributed by atoms with van der Waals surface area (Å²) in [5.74, 6) is -0.124. The fourth-order valence-electron chi connectivity index (χ4n) is 2.35. The molecule has 2 N–H and O–H groups in total. The highest BCUT2D eigenvalue weighted by Gasteiger charge is 2.09. The minimum Gasteiger partial charge on any atom is -0.480 e. The van der Waals surface area contributed by atoms with Crippen molar-refractivity contribution in [1.29, 1.82) is 0 Å². The van der Waals surface area contributed by atoms with Crippen molar-refractivity contribution in [3.8, 4) is 0 Å². The van der Waals surface area contributed by atoms with Crippen molar-refractivity contribution < 1.29 is 9.90 Å². The predicted molar refractivity (Wildman–Crippen MR) is 80.7 cm³/mol. The number of nitrogens with zero attached hydrogens (tertiary/aromatic N) is 1. The van der Waals surface area contributed by atoms with Crippen LogP contribution in [0.2, 0.25) is 0 Å². The van der Waals surface area contributed by atoms with Crippen LogP contribution in [-0.2, 0) is 17.9 Å². The molecule has 0 saturated carbocycles. The van der Waals surface area contributed by atoms with Gasteiger partial charge in [-0.2, -0.15) is 0 Å². The van der Waals surface area contributed by atoms with Crippen LogP contribution in [0.4, 0.5) is 0 Å². The van der Waals surface area contributed by atoms with Crippen LogP contribution in [0.5, 0.6) is 0 Å². The minimum atomic E-state index is -0.815. The van der Waals surface area contributed by atoms with Gasteiger partial charge in [0, 0.05) is 23.6 Å². The highest BCUT2D eigenvalue weighted by molar-refractivity contribution is 5.85. The summed E-state index contributed by atoms with van der Waals surface area (Å²) in [6, 6.07) is 7.95. The molecular weight excluding hydrogens is 252 g/mol. The molecule has 0 fully saturated rings. The maximum Gasteiger partial charge on any atom is 0.323 e. The molecule has 20 heavy (non-hydrogen) atoms. The molecule has 1 aromatic heterocycles. The number of carboxylic acids is 1. The lowest BCUT2D eigenvalue weighted by molar-refractivity contribution is -0.137. The van der Waals surface area contributed by atoms with E-state index in [4.69, 9.17) is 5.11 Å². The van der Waals surface area contributed by atoms with Crippen molar-refractivity contribution in [2.75, 3.05) is 6.54 Å². The van der Waals surface area contributed by atoms with Crippen molar-refractivity contribution in [3.63, 3.8) is 0 Å². The van der Waals surface area contributed by atoms with Gasteiger partial charge in [0.2, 0.25) is 0 Å². The van der Waals surface area contributed by atoms with Crippen LogP contribution in [0.25, 0.3) is 10.9 Å². The Labute approximate surface area is 119 Å². The Morgan fingerprint density at radius 2 is 2.10 bits per heavy atom. The van der Waals surface area contributed by atoms with Gasteiger partial charge in [0.1, 0.15) is 6.54 Å². The smallest absolute Gasteiger partial charge is 0.323 e. The molecule has 2 rings (SSSR count). The fourth-order valence-corrected chi connectivity index (χ4v) is 2.35. The zero-order valence-corrected chi connectivity index (χ0v) is 12.1. The van der Waals surface area contributed by atoms with Crippen molar-refractivity contribution in [3.05, 3.63) is 36.0 Å². The number of rotatable bonds is 7. The lowest BCUT2D eigenvalue weighted by atomic mass is 10.1. The first-order valence-corrected chi connectivity index (χ1v) is 7.07. The first kappa shape index (κ1) is 14.6. The molecule has 2 aromatic rings. The molecule has 1 aromatic carbocycles. The molecule has 0 atom stereocenters. The molecule has 0 amide bonds. The van der Waals surface area contributed by atoms with Crippen LogP contribution in [0.1, 0.15) is 25.8 Å². The van der Waals surface area contributed by atoms with E-state index < -0.39 is 5.97 Å². The van der Waals surface area contributed by atoms with E-state index in [9.17, 15) is 4.79 Å². The molecule has 0 aliphatic heterocycles. The number of nitrogens with one attached hydrogen (secondary N) is 1. The van der Waals surface area contributed by atoms with E-state index in [-0.39, 0.29) is 6.54 Å². The second-order valence-corrected chi connectivity index (χ2v) is 5.55. The van der Waals surface area contributed by atoms with E-state index >= 15 is 0 Å². The van der Waals surface area contributed by atoms with Crippen LogP contribution in [0, 0.1) is 5.92 Å². The lowest BCUT2D eigenvalue weighted by Crippen LogP contribution is -2.16. The van der Waals surface area contributed by atoms with Gasteiger partial charge in [0.15, 0.2) is 0 Å². The zero-order chi connectivity index (χ0) is 14.5. The second kappa shape index (κ2) is 6.57. The maximum absolute atomic E-state index is 10.9. The van der Waals surface area contributed by atoms with Crippen molar-refractivity contribution in [2.24, 2.45) is 5.92 Å². The van der Waals surface area contributed by atoms with E-state index in [0.717, 1.165) is 36.0 Å². The Bertz CT molecular complexity index is 587. The van der Waals surface area contributed by atoms with Crippen LogP contribution in [-0.4, -0.2) is 22.2 Å². The summed E-state index contributed by atoms with van der Waals surface area (Å²) in [6.45, 7) is 6.18. The third-order valence-electron chi connectivity index (χ3n) is 3.39. The third-order valence-corrected chi connectivity index (χ3v) is 3.39. The maximum atomic E-state index is 10.9. The molecule has 0 bridgehead atoms. The molecule has 0 aliphatic carbocycles. The number of aliphatic carboxylic acids is 1. The van der Waals surface area contributed by atoms with Gasteiger partial charge in [-0.15, -0.1) is 0 Å². The lowest BCUT2D eigenvalue weighted by Gasteiger charge is -2.06. The Balaban J connectivity index is 2.14. The second-order valence-electron chi connectivity index (χ2n) is 5.55. The number of para-hydroxylation sites is 1. The van der Waals surface area contributed by atoms with Crippen LogP contribution in [0.15, 0.2) is 30.5 Å². The molecule has 4 nitrogen and oxygen atoms in total. The van der Waals surface area contributed by atoms with Gasteiger partial charge in [0.25, 0.3) is 0 Å². The van der Waals surface area contributed by atoms with Gasteiger partial charge >= 0.3 is 5.97 Å². The Hall–Kier alpha value is -1.81. The SMILES string of the molecule is CC(C)CCNCc1cn(CC(=O)O)c2ccccc12. The predicted octanol–water partition coefficient (Wildman–Crippen LogP) is 2.86. The fraction of sp³-hybridized carbons (Fsp3) is 0.438. The van der Waals surface area contributed by atoms with Gasteiger partial charge in [0.05, 0.1) is 0 Å². The van der Waals surface area contributed by atoms with Gasteiger partial charge < -0.3 is 15.0 Å². The molecule has 0 saturated heterocycles. The summed E-state index contributed by atoms with van der Waals surface area (Å²) in [4.78, 5) is 10.9. The Morgan fingerprint density at radius 3 is 2.80 bits per heavy atom. The summed E-state index contributed by atoms with van der Waals surface area (Å²) in [7, 11) is 0. The Kier molecular flexibility index (Phi) is 4.79. The summed E-state index contributed by atoms with van der Waals surface area (Å²) >= 11 is 0. The number of fused-ring (bicyclic) bond motifs is 1. The van der Waals surface area contributed by atoms with Crippen molar-refractivity contribution in [1.82, 2.24) is 9.88 Å². The van der Waals surface area contributed by atoms with Crippen LogP contribution < -0.4 is 5.32 Å². The minimum absolute atomic E-state index is 0.00646. The molecule has 1 heterocycles. The average molecular weight is 274 g/mol. The Morgan fingerprint density at radius 1 is 1.35 bits per heavy atom. The quantitative estimate of drug-likeness (QED) is 0.763.